The molecule has 0 radical (unpaired) electrons. The number of phenolic OH excluding ortho intramolecular Hbond substituents is 2. The quantitative estimate of drug-likeness (QED) is 0.182. The monoisotopic (exact) mass is 484 g/mol. The topological polar surface area (TPSA) is 215 Å². The largest absolute Gasteiger partial charge is 0.504 e. The van der Waals surface area contributed by atoms with Crippen molar-refractivity contribution in [3.8, 4) is 11.5 Å². The molecule has 4 heterocycles. The number of rotatable bonds is 7. The van der Waals surface area contributed by atoms with Crippen LogP contribution in [0.1, 0.15) is 30.6 Å². The molecule has 0 saturated carbocycles. The Kier molecular flexibility index (Phi) is 5.80. The number of aliphatic hydroxyl groups excluding tert-OH is 2. The second kappa shape index (κ2) is 8.94. The van der Waals surface area contributed by atoms with Crippen LogP contribution in [-0.4, -0.2) is 78.9 Å². The zero-order chi connectivity index (χ0) is 24.7. The zero-order valence-corrected chi connectivity index (χ0v) is 18.6. The molecule has 0 spiro atoms. The van der Waals surface area contributed by atoms with Crippen molar-refractivity contribution in [3.05, 3.63) is 35.9 Å². The first kappa shape index (κ1) is 22.7. The molecule has 1 fully saturated rings. The Hall–Kier alpha value is -4.08. The minimum atomic E-state index is -1.32. The predicted molar refractivity (Wildman–Crippen MR) is 120 cm³/mol. The maximum absolute atomic E-state index is 10.7. The highest BCUT2D eigenvalue weighted by molar-refractivity contribution is 5.83. The van der Waals surface area contributed by atoms with E-state index in [2.05, 4.69) is 35.7 Å². The summed E-state index contributed by atoms with van der Waals surface area (Å²) in [4.78, 5) is 14.3. The number of ether oxygens (including phenoxy) is 1. The van der Waals surface area contributed by atoms with Gasteiger partial charge in [0.05, 0.1) is 12.9 Å². The van der Waals surface area contributed by atoms with Crippen molar-refractivity contribution in [2.24, 2.45) is 0 Å². The molecule has 0 unspecified atom stereocenters. The van der Waals surface area contributed by atoms with Crippen LogP contribution in [-0.2, 0) is 17.7 Å². The molecule has 7 N–H and O–H groups in total. The van der Waals surface area contributed by atoms with E-state index in [-0.39, 0.29) is 29.1 Å². The van der Waals surface area contributed by atoms with Gasteiger partial charge < -0.3 is 36.2 Å². The number of imidazole rings is 1. The van der Waals surface area contributed by atoms with Crippen molar-refractivity contribution < 1.29 is 25.2 Å². The molecular weight excluding hydrogens is 460 g/mol. The molecule has 15 nitrogen and oxygen atoms in total. The number of hydrogen-bond donors (Lipinski definition) is 6. The molecule has 4 aromatic rings. The normalized spacial score (nSPS) is 22.1. The summed E-state index contributed by atoms with van der Waals surface area (Å²) >= 11 is 0. The second-order valence-corrected chi connectivity index (χ2v) is 8.02. The lowest BCUT2D eigenvalue weighted by molar-refractivity contribution is -0.0384. The van der Waals surface area contributed by atoms with E-state index in [1.54, 1.807) is 6.07 Å². The van der Waals surface area contributed by atoms with Gasteiger partial charge in [-0.25, -0.2) is 4.98 Å². The van der Waals surface area contributed by atoms with E-state index in [1.165, 1.54) is 27.8 Å². The second-order valence-electron chi connectivity index (χ2n) is 8.02. The fourth-order valence-electron chi connectivity index (χ4n) is 3.85. The summed E-state index contributed by atoms with van der Waals surface area (Å²) in [6.45, 7) is 2.75. The van der Waals surface area contributed by atoms with E-state index in [4.69, 9.17) is 10.5 Å². The highest BCUT2D eigenvalue weighted by Gasteiger charge is 2.47. The third-order valence-corrected chi connectivity index (χ3v) is 5.70. The molecule has 1 saturated heterocycles. The van der Waals surface area contributed by atoms with E-state index in [9.17, 15) is 20.4 Å². The van der Waals surface area contributed by atoms with Gasteiger partial charge in [-0.2, -0.15) is 14.8 Å². The summed E-state index contributed by atoms with van der Waals surface area (Å²) in [5, 5.41) is 55.4. The van der Waals surface area contributed by atoms with Gasteiger partial charge in [-0.1, -0.05) is 6.07 Å². The number of aromatic nitrogens is 8. The lowest BCUT2D eigenvalue weighted by atomic mass is 10.1. The first-order chi connectivity index (χ1) is 16.9. The standard InChI is InChI=1S/C20H24N10O5/c1-2-30-27-17(26-28-30)15-13(33)14(34)19(35-15)29-8-23-12-16(21)24-20(25-18(12)29)22-6-5-9-3-4-10(31)11(32)7-9/h3-4,7-8,13-15,19,31-34H,2,5-6H2,1H3,(H3,21,22,24,25)/t13-,14+,15-,19+/m0/s1. The number of nitrogens with zero attached hydrogens (tertiary/aromatic N) is 8. The van der Waals surface area contributed by atoms with Crippen molar-refractivity contribution in [2.75, 3.05) is 17.6 Å². The minimum Gasteiger partial charge on any atom is -0.504 e. The van der Waals surface area contributed by atoms with Crippen LogP contribution in [0, 0.1) is 0 Å². The molecule has 1 aliphatic rings. The van der Waals surface area contributed by atoms with Crippen molar-refractivity contribution in [2.45, 2.75) is 44.4 Å². The van der Waals surface area contributed by atoms with Gasteiger partial charge in [-0.15, -0.1) is 10.2 Å². The molecular formula is C20H24N10O5. The van der Waals surface area contributed by atoms with Crippen molar-refractivity contribution in [3.63, 3.8) is 0 Å². The summed E-state index contributed by atoms with van der Waals surface area (Å²) in [5.41, 5.74) is 7.47. The van der Waals surface area contributed by atoms with Gasteiger partial charge in [-0.05, 0) is 36.3 Å². The number of nitrogen functional groups attached to an aromatic ring is 1. The summed E-state index contributed by atoms with van der Waals surface area (Å²) in [7, 11) is 0. The molecule has 4 atom stereocenters. The predicted octanol–water partition coefficient (Wildman–Crippen LogP) is -0.527. The molecule has 15 heteroatoms. The smallest absolute Gasteiger partial charge is 0.226 e. The number of aryl methyl sites for hydroxylation is 1. The minimum absolute atomic E-state index is 0.121. The zero-order valence-electron chi connectivity index (χ0n) is 18.6. The van der Waals surface area contributed by atoms with E-state index in [0.29, 0.717) is 30.7 Å². The fourth-order valence-corrected chi connectivity index (χ4v) is 3.85. The van der Waals surface area contributed by atoms with Crippen molar-refractivity contribution in [1.29, 1.82) is 0 Å². The van der Waals surface area contributed by atoms with E-state index >= 15 is 0 Å². The van der Waals surface area contributed by atoms with Gasteiger partial charge in [0.25, 0.3) is 0 Å². The van der Waals surface area contributed by atoms with Gasteiger partial charge in [0.2, 0.25) is 11.8 Å². The lowest BCUT2D eigenvalue weighted by Crippen LogP contribution is -2.29. The lowest BCUT2D eigenvalue weighted by Gasteiger charge is -2.16. The molecule has 3 aromatic heterocycles. The van der Waals surface area contributed by atoms with Crippen LogP contribution < -0.4 is 11.1 Å². The number of anilines is 2. The Morgan fingerprint density at radius 3 is 2.71 bits per heavy atom. The van der Waals surface area contributed by atoms with Crippen LogP contribution in [0.25, 0.3) is 11.2 Å². The van der Waals surface area contributed by atoms with Crippen molar-refractivity contribution >= 4 is 22.9 Å². The summed E-state index contributed by atoms with van der Waals surface area (Å²) in [5.74, 6) is 0.108. The number of hydrogen-bond acceptors (Lipinski definition) is 13. The summed E-state index contributed by atoms with van der Waals surface area (Å²) < 4.78 is 7.37. The SMILES string of the molecule is CCn1nnc([C@H]2O[C@@H](n3cnc4c(N)nc(NCCc5ccc(O)c(O)c5)nc43)[C@H](O)[C@@H]2O)n1. The Morgan fingerprint density at radius 2 is 1.97 bits per heavy atom. The van der Waals surface area contributed by atoms with Crippen LogP contribution in [0.15, 0.2) is 24.5 Å². The van der Waals surface area contributed by atoms with Crippen molar-refractivity contribution in [1.82, 2.24) is 39.7 Å². The number of aromatic hydroxyl groups is 2. The molecule has 5 rings (SSSR count). The first-order valence-electron chi connectivity index (χ1n) is 10.9. The van der Waals surface area contributed by atoms with Gasteiger partial charge in [-0.3, -0.25) is 4.57 Å². The van der Waals surface area contributed by atoms with Gasteiger partial charge in [0.1, 0.15) is 17.7 Å². The van der Waals surface area contributed by atoms with E-state index in [0.717, 1.165) is 5.56 Å². The number of tetrazole rings is 1. The maximum Gasteiger partial charge on any atom is 0.226 e. The Labute approximate surface area is 197 Å². The number of aliphatic hydroxyl groups is 2. The van der Waals surface area contributed by atoms with Crippen LogP contribution in [0.5, 0.6) is 11.5 Å². The molecule has 0 amide bonds. The third kappa shape index (κ3) is 4.16. The molecule has 184 valence electrons. The van der Waals surface area contributed by atoms with Gasteiger partial charge >= 0.3 is 0 Å². The molecule has 1 aromatic carbocycles. The highest BCUT2D eigenvalue weighted by atomic mass is 16.6. The third-order valence-electron chi connectivity index (χ3n) is 5.70. The van der Waals surface area contributed by atoms with E-state index < -0.39 is 24.5 Å². The Morgan fingerprint density at radius 1 is 1.14 bits per heavy atom. The first-order valence-corrected chi connectivity index (χ1v) is 10.9. The van der Waals surface area contributed by atoms with Crippen LogP contribution in [0.3, 0.4) is 0 Å². The summed E-state index contributed by atoms with van der Waals surface area (Å²) in [6, 6.07) is 4.58. The Balaban J connectivity index is 1.36. The van der Waals surface area contributed by atoms with Gasteiger partial charge in [0, 0.05) is 6.54 Å². The van der Waals surface area contributed by atoms with Crippen LogP contribution in [0.4, 0.5) is 11.8 Å². The number of nitrogens with one attached hydrogen (secondary N) is 1. The average Bonchev–Trinajstić information content (AvgIpc) is 3.55. The number of fused-ring (bicyclic) bond motifs is 1. The number of nitrogens with two attached hydrogens (primary N) is 1. The average molecular weight is 484 g/mol. The molecule has 35 heavy (non-hydrogen) atoms. The number of benzene rings is 1. The molecule has 0 aliphatic carbocycles. The highest BCUT2D eigenvalue weighted by Crippen LogP contribution is 2.38. The van der Waals surface area contributed by atoms with Crippen LogP contribution in [0.2, 0.25) is 0 Å². The Bertz CT molecular complexity index is 1360. The molecule has 0 bridgehead atoms. The maximum atomic E-state index is 10.7. The number of phenols is 2. The molecule has 1 aliphatic heterocycles. The van der Waals surface area contributed by atoms with Gasteiger partial charge in [0.15, 0.2) is 35.3 Å². The summed E-state index contributed by atoms with van der Waals surface area (Å²) in [6.07, 6.45) is -2.73. The van der Waals surface area contributed by atoms with Crippen LogP contribution >= 0.6 is 0 Å². The fraction of sp³-hybridized carbons (Fsp3) is 0.400. The van der Waals surface area contributed by atoms with E-state index in [1.807, 2.05) is 6.92 Å².